The predicted octanol–water partition coefficient (Wildman–Crippen LogP) is 1.62. The van der Waals surface area contributed by atoms with Gasteiger partial charge in [0.15, 0.2) is 0 Å². The number of aromatic nitrogens is 1. The molecule has 1 aliphatic carbocycles. The van der Waals surface area contributed by atoms with Crippen molar-refractivity contribution >= 4 is 17.5 Å². The fourth-order valence-electron chi connectivity index (χ4n) is 2.74. The SMILES string of the molecule is O=C1CC[C@@H](C(=O)Nc2ccc(OC3CCCC3)nc2)N1. The Morgan fingerprint density at radius 2 is 2.10 bits per heavy atom. The summed E-state index contributed by atoms with van der Waals surface area (Å²) < 4.78 is 5.77. The molecule has 2 amide bonds. The lowest BCUT2D eigenvalue weighted by Gasteiger charge is -2.13. The van der Waals surface area contributed by atoms with Crippen LogP contribution >= 0.6 is 0 Å². The lowest BCUT2D eigenvalue weighted by molar-refractivity contribution is -0.122. The highest BCUT2D eigenvalue weighted by molar-refractivity contribution is 5.98. The van der Waals surface area contributed by atoms with Gasteiger partial charge in [0.25, 0.3) is 0 Å². The fourth-order valence-corrected chi connectivity index (χ4v) is 2.74. The van der Waals surface area contributed by atoms with Gasteiger partial charge in [-0.15, -0.1) is 0 Å². The molecule has 112 valence electrons. The molecule has 0 bridgehead atoms. The number of ether oxygens (including phenoxy) is 1. The van der Waals surface area contributed by atoms with Crippen molar-refractivity contribution in [2.75, 3.05) is 5.32 Å². The molecular formula is C15H19N3O3. The van der Waals surface area contributed by atoms with Gasteiger partial charge >= 0.3 is 0 Å². The molecule has 0 spiro atoms. The molecule has 0 aromatic carbocycles. The molecule has 6 nitrogen and oxygen atoms in total. The fraction of sp³-hybridized carbons (Fsp3) is 0.533. The Bertz CT molecular complexity index is 523. The average molecular weight is 289 g/mol. The molecule has 2 fully saturated rings. The molecule has 2 heterocycles. The molecule has 1 aromatic heterocycles. The second-order valence-electron chi connectivity index (χ2n) is 5.56. The van der Waals surface area contributed by atoms with Crippen LogP contribution in [0.5, 0.6) is 5.88 Å². The normalized spacial score (nSPS) is 22.1. The standard InChI is InChI=1S/C15H19N3O3/c19-13-7-6-12(18-13)15(20)17-10-5-8-14(16-9-10)21-11-3-1-2-4-11/h5,8-9,11-12H,1-4,6-7H2,(H,17,20)(H,18,19)/t12-/m0/s1. The quantitative estimate of drug-likeness (QED) is 0.882. The number of anilines is 1. The monoisotopic (exact) mass is 289 g/mol. The largest absolute Gasteiger partial charge is 0.474 e. The van der Waals surface area contributed by atoms with E-state index in [2.05, 4.69) is 15.6 Å². The summed E-state index contributed by atoms with van der Waals surface area (Å²) in [5.74, 6) is 0.315. The molecular weight excluding hydrogens is 270 g/mol. The number of hydrogen-bond donors (Lipinski definition) is 2. The first-order valence-corrected chi connectivity index (χ1v) is 7.43. The van der Waals surface area contributed by atoms with Crippen molar-refractivity contribution in [1.82, 2.24) is 10.3 Å². The molecule has 2 aliphatic rings. The van der Waals surface area contributed by atoms with Crippen LogP contribution in [-0.4, -0.2) is 28.9 Å². The zero-order valence-electron chi connectivity index (χ0n) is 11.8. The van der Waals surface area contributed by atoms with Gasteiger partial charge in [0.05, 0.1) is 11.9 Å². The van der Waals surface area contributed by atoms with Crippen molar-refractivity contribution in [3.8, 4) is 5.88 Å². The highest BCUT2D eigenvalue weighted by Gasteiger charge is 2.27. The summed E-state index contributed by atoms with van der Waals surface area (Å²) in [6.45, 7) is 0. The third-order valence-corrected chi connectivity index (χ3v) is 3.91. The Balaban J connectivity index is 1.54. The second-order valence-corrected chi connectivity index (χ2v) is 5.56. The zero-order valence-corrected chi connectivity index (χ0v) is 11.8. The van der Waals surface area contributed by atoms with E-state index in [9.17, 15) is 9.59 Å². The molecule has 1 atom stereocenters. The van der Waals surface area contributed by atoms with Crippen LogP contribution in [0, 0.1) is 0 Å². The van der Waals surface area contributed by atoms with E-state index in [1.807, 2.05) is 0 Å². The summed E-state index contributed by atoms with van der Waals surface area (Å²) in [6, 6.07) is 3.10. The highest BCUT2D eigenvalue weighted by atomic mass is 16.5. The Hall–Kier alpha value is -2.11. The molecule has 3 rings (SSSR count). The van der Waals surface area contributed by atoms with Crippen molar-refractivity contribution in [3.05, 3.63) is 18.3 Å². The van der Waals surface area contributed by atoms with E-state index in [-0.39, 0.29) is 17.9 Å². The van der Waals surface area contributed by atoms with Crippen LogP contribution in [0.25, 0.3) is 0 Å². The molecule has 0 radical (unpaired) electrons. The van der Waals surface area contributed by atoms with Crippen LogP contribution in [0.15, 0.2) is 18.3 Å². The number of amides is 2. The molecule has 6 heteroatoms. The van der Waals surface area contributed by atoms with Crippen LogP contribution in [0.2, 0.25) is 0 Å². The number of rotatable bonds is 4. The van der Waals surface area contributed by atoms with Gasteiger partial charge in [-0.1, -0.05) is 0 Å². The maximum atomic E-state index is 11.9. The van der Waals surface area contributed by atoms with Crippen molar-refractivity contribution in [1.29, 1.82) is 0 Å². The Kier molecular flexibility index (Phi) is 4.03. The van der Waals surface area contributed by atoms with E-state index in [0.29, 0.717) is 24.4 Å². The van der Waals surface area contributed by atoms with Crippen molar-refractivity contribution in [3.63, 3.8) is 0 Å². The predicted molar refractivity (Wildman–Crippen MR) is 76.9 cm³/mol. The number of nitrogens with one attached hydrogen (secondary N) is 2. The smallest absolute Gasteiger partial charge is 0.247 e. The minimum absolute atomic E-state index is 0.0754. The average Bonchev–Trinajstić information content (AvgIpc) is 3.12. The first-order chi connectivity index (χ1) is 10.2. The van der Waals surface area contributed by atoms with Crippen LogP contribution in [0.3, 0.4) is 0 Å². The third-order valence-electron chi connectivity index (χ3n) is 3.91. The molecule has 1 saturated carbocycles. The van der Waals surface area contributed by atoms with E-state index in [0.717, 1.165) is 12.8 Å². The van der Waals surface area contributed by atoms with Gasteiger partial charge in [-0.05, 0) is 38.2 Å². The lowest BCUT2D eigenvalue weighted by Crippen LogP contribution is -2.37. The minimum Gasteiger partial charge on any atom is -0.474 e. The summed E-state index contributed by atoms with van der Waals surface area (Å²) >= 11 is 0. The summed E-state index contributed by atoms with van der Waals surface area (Å²) in [4.78, 5) is 27.3. The van der Waals surface area contributed by atoms with Gasteiger partial charge in [0.1, 0.15) is 12.1 Å². The maximum absolute atomic E-state index is 11.9. The highest BCUT2D eigenvalue weighted by Crippen LogP contribution is 2.23. The van der Waals surface area contributed by atoms with E-state index in [1.54, 1.807) is 18.3 Å². The van der Waals surface area contributed by atoms with Gasteiger partial charge in [0.2, 0.25) is 17.7 Å². The Morgan fingerprint density at radius 3 is 2.71 bits per heavy atom. The van der Waals surface area contributed by atoms with Gasteiger partial charge in [0, 0.05) is 12.5 Å². The number of pyridine rings is 1. The summed E-state index contributed by atoms with van der Waals surface area (Å²) in [6.07, 6.45) is 7.40. The molecule has 2 N–H and O–H groups in total. The minimum atomic E-state index is -0.438. The number of nitrogens with zero attached hydrogens (tertiary/aromatic N) is 1. The number of carbonyl (C=O) groups is 2. The van der Waals surface area contributed by atoms with E-state index in [4.69, 9.17) is 4.74 Å². The van der Waals surface area contributed by atoms with E-state index < -0.39 is 6.04 Å². The van der Waals surface area contributed by atoms with Gasteiger partial charge in [-0.25, -0.2) is 4.98 Å². The number of hydrogen-bond acceptors (Lipinski definition) is 4. The van der Waals surface area contributed by atoms with Gasteiger partial charge in [-0.3, -0.25) is 9.59 Å². The maximum Gasteiger partial charge on any atom is 0.247 e. The van der Waals surface area contributed by atoms with E-state index >= 15 is 0 Å². The van der Waals surface area contributed by atoms with Crippen LogP contribution in [0.4, 0.5) is 5.69 Å². The van der Waals surface area contributed by atoms with Crippen molar-refractivity contribution in [2.24, 2.45) is 0 Å². The summed E-state index contributed by atoms with van der Waals surface area (Å²) in [7, 11) is 0. The van der Waals surface area contributed by atoms with Crippen LogP contribution < -0.4 is 15.4 Å². The van der Waals surface area contributed by atoms with Gasteiger partial charge < -0.3 is 15.4 Å². The molecule has 1 aromatic rings. The number of carbonyl (C=O) groups excluding carboxylic acids is 2. The summed E-state index contributed by atoms with van der Waals surface area (Å²) in [5, 5.41) is 5.39. The molecule has 21 heavy (non-hydrogen) atoms. The Labute approximate surface area is 123 Å². The van der Waals surface area contributed by atoms with Crippen LogP contribution in [0.1, 0.15) is 38.5 Å². The Morgan fingerprint density at radius 1 is 1.29 bits per heavy atom. The van der Waals surface area contributed by atoms with Crippen molar-refractivity contribution in [2.45, 2.75) is 50.7 Å². The molecule has 1 aliphatic heterocycles. The first-order valence-electron chi connectivity index (χ1n) is 7.43. The second kappa shape index (κ2) is 6.11. The summed E-state index contributed by atoms with van der Waals surface area (Å²) in [5.41, 5.74) is 0.611. The lowest BCUT2D eigenvalue weighted by atomic mass is 10.2. The zero-order chi connectivity index (χ0) is 14.7. The van der Waals surface area contributed by atoms with Crippen molar-refractivity contribution < 1.29 is 14.3 Å². The molecule has 0 unspecified atom stereocenters. The topological polar surface area (TPSA) is 80.3 Å². The first kappa shape index (κ1) is 13.9. The van der Waals surface area contributed by atoms with Gasteiger partial charge in [-0.2, -0.15) is 0 Å². The van der Waals surface area contributed by atoms with E-state index in [1.165, 1.54) is 12.8 Å². The van der Waals surface area contributed by atoms with Crippen LogP contribution in [-0.2, 0) is 9.59 Å². The molecule has 1 saturated heterocycles. The third kappa shape index (κ3) is 3.51.